The summed E-state index contributed by atoms with van der Waals surface area (Å²) in [5, 5.41) is 2.25. The molecular weight excluding hydrogens is 412 g/mol. The number of nitrogens with zero attached hydrogens (tertiary/aromatic N) is 2. The molecule has 2 aromatic heterocycles. The number of fused-ring (bicyclic) bond motifs is 1. The molecule has 0 saturated carbocycles. The molecule has 0 aliphatic rings. The third-order valence-corrected chi connectivity index (χ3v) is 6.21. The molecule has 0 saturated heterocycles. The fourth-order valence-corrected chi connectivity index (χ4v) is 4.65. The predicted molar refractivity (Wildman–Crippen MR) is 141 cm³/mol. The summed E-state index contributed by atoms with van der Waals surface area (Å²) in [6, 6.07) is 42.2. The molecule has 0 amide bonds. The lowest BCUT2D eigenvalue weighted by molar-refractivity contribution is 1.27. The molecule has 0 aliphatic carbocycles. The zero-order valence-electron chi connectivity index (χ0n) is 18.6. The first-order chi connectivity index (χ1) is 16.9. The van der Waals surface area contributed by atoms with Gasteiger partial charge in [-0.15, -0.1) is 0 Å². The second-order valence-electron chi connectivity index (χ2n) is 8.24. The van der Waals surface area contributed by atoms with Crippen LogP contribution < -0.4 is 0 Å². The standard InChI is InChI=1S/C32H22N2/c1-3-11-23(12-4-1)26-16-9-10-18-29(26)30-27(24-13-5-2-6-14-24)20-22-34-32(30)31-28-17-8-7-15-25(28)19-21-33-31/h1-22H. The Balaban J connectivity index is 1.72. The Morgan fingerprint density at radius 1 is 0.382 bits per heavy atom. The van der Waals surface area contributed by atoms with Gasteiger partial charge in [-0.1, -0.05) is 109 Å². The Bertz CT molecular complexity index is 1580. The molecule has 0 aliphatic heterocycles. The first kappa shape index (κ1) is 20.1. The Labute approximate surface area is 199 Å². The van der Waals surface area contributed by atoms with Crippen molar-refractivity contribution in [1.29, 1.82) is 0 Å². The lowest BCUT2D eigenvalue weighted by Crippen LogP contribution is -1.97. The maximum Gasteiger partial charge on any atom is 0.0977 e. The summed E-state index contributed by atoms with van der Waals surface area (Å²) in [5.41, 5.74) is 8.68. The molecule has 160 valence electrons. The van der Waals surface area contributed by atoms with E-state index >= 15 is 0 Å². The average Bonchev–Trinajstić information content (AvgIpc) is 2.93. The van der Waals surface area contributed by atoms with Gasteiger partial charge in [0, 0.05) is 23.3 Å². The van der Waals surface area contributed by atoms with Crippen LogP contribution in [0.15, 0.2) is 134 Å². The van der Waals surface area contributed by atoms with Crippen LogP contribution in [0.1, 0.15) is 0 Å². The highest BCUT2D eigenvalue weighted by atomic mass is 14.8. The maximum atomic E-state index is 4.93. The van der Waals surface area contributed by atoms with E-state index in [1.54, 1.807) is 0 Å². The molecule has 6 rings (SSSR count). The summed E-state index contributed by atoms with van der Waals surface area (Å²) in [6.45, 7) is 0. The fraction of sp³-hybridized carbons (Fsp3) is 0. The maximum absolute atomic E-state index is 4.93. The number of benzene rings is 4. The summed E-state index contributed by atoms with van der Waals surface area (Å²) in [7, 11) is 0. The lowest BCUT2D eigenvalue weighted by Gasteiger charge is -2.18. The van der Waals surface area contributed by atoms with E-state index in [-0.39, 0.29) is 0 Å². The molecule has 4 aromatic carbocycles. The normalized spacial score (nSPS) is 10.9. The minimum atomic E-state index is 0.890. The summed E-state index contributed by atoms with van der Waals surface area (Å²) >= 11 is 0. The smallest absolute Gasteiger partial charge is 0.0977 e. The summed E-state index contributed by atoms with van der Waals surface area (Å²) < 4.78 is 0. The molecule has 2 heteroatoms. The van der Waals surface area contributed by atoms with Crippen LogP contribution in [0.25, 0.3) is 55.5 Å². The van der Waals surface area contributed by atoms with Crippen LogP contribution in [0.3, 0.4) is 0 Å². The second kappa shape index (κ2) is 8.76. The van der Waals surface area contributed by atoms with Crippen LogP contribution in [0.2, 0.25) is 0 Å². The molecule has 0 unspecified atom stereocenters. The SMILES string of the molecule is c1ccc(-c2ccccc2-c2c(-c3ccccc3)ccnc2-c2nccc3ccccc23)cc1. The quantitative estimate of drug-likeness (QED) is 0.279. The van der Waals surface area contributed by atoms with Crippen molar-refractivity contribution in [2.24, 2.45) is 0 Å². The zero-order chi connectivity index (χ0) is 22.7. The van der Waals surface area contributed by atoms with Crippen LogP contribution in [0, 0.1) is 0 Å². The monoisotopic (exact) mass is 434 g/mol. The molecule has 2 nitrogen and oxygen atoms in total. The van der Waals surface area contributed by atoms with E-state index in [0.29, 0.717) is 0 Å². The molecule has 0 N–H and O–H groups in total. The molecule has 34 heavy (non-hydrogen) atoms. The number of rotatable bonds is 4. The van der Waals surface area contributed by atoms with Crippen LogP contribution in [0.4, 0.5) is 0 Å². The molecule has 0 atom stereocenters. The van der Waals surface area contributed by atoms with Crippen LogP contribution in [0.5, 0.6) is 0 Å². The van der Waals surface area contributed by atoms with Gasteiger partial charge in [-0.3, -0.25) is 9.97 Å². The van der Waals surface area contributed by atoms with Crippen LogP contribution in [-0.4, -0.2) is 9.97 Å². The summed E-state index contributed by atoms with van der Waals surface area (Å²) in [6.07, 6.45) is 3.77. The lowest BCUT2D eigenvalue weighted by atomic mass is 9.87. The Morgan fingerprint density at radius 3 is 1.71 bits per heavy atom. The highest BCUT2D eigenvalue weighted by molar-refractivity contribution is 6.03. The van der Waals surface area contributed by atoms with E-state index in [9.17, 15) is 0 Å². The third kappa shape index (κ3) is 3.56. The summed E-state index contributed by atoms with van der Waals surface area (Å²) in [5.74, 6) is 0. The molecule has 0 spiro atoms. The van der Waals surface area contributed by atoms with Gasteiger partial charge in [0.1, 0.15) is 0 Å². The van der Waals surface area contributed by atoms with Gasteiger partial charge in [0.2, 0.25) is 0 Å². The van der Waals surface area contributed by atoms with Gasteiger partial charge in [0.15, 0.2) is 0 Å². The van der Waals surface area contributed by atoms with Crippen molar-refractivity contribution >= 4 is 10.8 Å². The molecular formula is C32H22N2. The largest absolute Gasteiger partial charge is 0.254 e. The second-order valence-corrected chi connectivity index (χ2v) is 8.24. The van der Waals surface area contributed by atoms with Crippen molar-refractivity contribution in [3.05, 3.63) is 134 Å². The van der Waals surface area contributed by atoms with Gasteiger partial charge in [-0.05, 0) is 45.3 Å². The van der Waals surface area contributed by atoms with Crippen molar-refractivity contribution in [2.75, 3.05) is 0 Å². The molecule has 0 bridgehead atoms. The minimum absolute atomic E-state index is 0.890. The number of hydrogen-bond donors (Lipinski definition) is 0. The van der Waals surface area contributed by atoms with E-state index in [4.69, 9.17) is 9.97 Å². The highest BCUT2D eigenvalue weighted by Crippen LogP contribution is 2.43. The Kier molecular flexibility index (Phi) is 5.17. The molecule has 6 aromatic rings. The van der Waals surface area contributed by atoms with Gasteiger partial charge < -0.3 is 0 Å². The van der Waals surface area contributed by atoms with Crippen molar-refractivity contribution in [3.8, 4) is 44.8 Å². The molecule has 0 radical (unpaired) electrons. The van der Waals surface area contributed by atoms with E-state index in [2.05, 4.69) is 121 Å². The predicted octanol–water partition coefficient (Wildman–Crippen LogP) is 8.30. The molecule has 2 heterocycles. The zero-order valence-corrected chi connectivity index (χ0v) is 18.6. The van der Waals surface area contributed by atoms with Gasteiger partial charge in [0.25, 0.3) is 0 Å². The number of pyridine rings is 2. The van der Waals surface area contributed by atoms with Crippen LogP contribution >= 0.6 is 0 Å². The summed E-state index contributed by atoms with van der Waals surface area (Å²) in [4.78, 5) is 9.77. The average molecular weight is 435 g/mol. The van der Waals surface area contributed by atoms with Gasteiger partial charge in [-0.25, -0.2) is 0 Å². The number of hydrogen-bond acceptors (Lipinski definition) is 2. The topological polar surface area (TPSA) is 25.8 Å². The van der Waals surface area contributed by atoms with E-state index < -0.39 is 0 Å². The third-order valence-electron chi connectivity index (χ3n) is 6.21. The van der Waals surface area contributed by atoms with E-state index in [1.807, 2.05) is 12.4 Å². The Morgan fingerprint density at radius 2 is 0.941 bits per heavy atom. The van der Waals surface area contributed by atoms with Crippen molar-refractivity contribution in [3.63, 3.8) is 0 Å². The van der Waals surface area contributed by atoms with Gasteiger partial charge >= 0.3 is 0 Å². The molecule has 0 fully saturated rings. The van der Waals surface area contributed by atoms with Crippen LogP contribution in [-0.2, 0) is 0 Å². The van der Waals surface area contributed by atoms with Gasteiger partial charge in [-0.2, -0.15) is 0 Å². The van der Waals surface area contributed by atoms with E-state index in [1.165, 1.54) is 11.1 Å². The first-order valence-electron chi connectivity index (χ1n) is 11.4. The van der Waals surface area contributed by atoms with Crippen molar-refractivity contribution in [1.82, 2.24) is 9.97 Å². The highest BCUT2D eigenvalue weighted by Gasteiger charge is 2.20. The minimum Gasteiger partial charge on any atom is -0.254 e. The van der Waals surface area contributed by atoms with E-state index in [0.717, 1.165) is 44.4 Å². The van der Waals surface area contributed by atoms with Crippen molar-refractivity contribution < 1.29 is 0 Å². The van der Waals surface area contributed by atoms with Crippen molar-refractivity contribution in [2.45, 2.75) is 0 Å². The number of aromatic nitrogens is 2. The van der Waals surface area contributed by atoms with Gasteiger partial charge in [0.05, 0.1) is 11.4 Å². The fourth-order valence-electron chi connectivity index (χ4n) is 4.65. The first-order valence-corrected chi connectivity index (χ1v) is 11.4. The Hall–Kier alpha value is -4.56.